The number of carbonyl (C=O) groups excluding carboxylic acids is 2. The maximum Gasteiger partial charge on any atom is 0.325 e. The molecule has 0 saturated heterocycles. The van der Waals surface area contributed by atoms with Crippen LogP contribution in [0.5, 0.6) is 11.5 Å². The van der Waals surface area contributed by atoms with Gasteiger partial charge in [0.25, 0.3) is 0 Å². The molecule has 0 radical (unpaired) electrons. The minimum absolute atomic E-state index is 0.00565. The van der Waals surface area contributed by atoms with Gasteiger partial charge in [-0.2, -0.15) is 0 Å². The molecular formula is C20H23N5O5S. The quantitative estimate of drug-likeness (QED) is 0.479. The Labute approximate surface area is 179 Å². The lowest BCUT2D eigenvalue weighted by atomic mass is 10.2. The number of amides is 3. The first kappa shape index (κ1) is 22.1. The molecule has 3 rings (SSSR count). The molecule has 0 unspecified atom stereocenters. The molecule has 0 spiro atoms. The fourth-order valence-corrected chi connectivity index (χ4v) is 3.53. The Morgan fingerprint density at radius 2 is 1.90 bits per heavy atom. The lowest BCUT2D eigenvalue weighted by molar-refractivity contribution is 0.245. The highest BCUT2D eigenvalue weighted by atomic mass is 32.2. The summed E-state index contributed by atoms with van der Waals surface area (Å²) in [4.78, 5) is 27.9. The van der Waals surface area contributed by atoms with Crippen LogP contribution >= 0.6 is 0 Å². The summed E-state index contributed by atoms with van der Waals surface area (Å²) in [5, 5.41) is 8.57. The van der Waals surface area contributed by atoms with Gasteiger partial charge in [0.1, 0.15) is 27.2 Å². The summed E-state index contributed by atoms with van der Waals surface area (Å²) < 4.78 is 29.6. The van der Waals surface area contributed by atoms with Crippen molar-refractivity contribution in [2.24, 2.45) is 0 Å². The third-order valence-electron chi connectivity index (χ3n) is 4.28. The van der Waals surface area contributed by atoms with Crippen LogP contribution in [0.4, 0.5) is 15.4 Å². The van der Waals surface area contributed by atoms with E-state index in [1.165, 1.54) is 10.8 Å². The van der Waals surface area contributed by atoms with Gasteiger partial charge in [0.2, 0.25) is 0 Å². The Morgan fingerprint density at radius 1 is 1.13 bits per heavy atom. The molecule has 31 heavy (non-hydrogen) atoms. The SMILES string of the molecule is CNC(=O)n1ccc2cc(Oc3ccnc(NC(=O)NCCCS(C)(=O)=O)c3)ccc21. The molecule has 2 aromatic heterocycles. The number of sulfone groups is 1. The van der Waals surface area contributed by atoms with Crippen LogP contribution in [0, 0.1) is 0 Å². The monoisotopic (exact) mass is 445 g/mol. The molecule has 0 bridgehead atoms. The standard InChI is InChI=1S/C20H23N5O5S/c1-21-20(27)25-10-7-14-12-15(4-5-17(14)25)30-16-6-9-22-18(13-16)24-19(26)23-8-3-11-31(2,28)29/h4-7,9-10,12-13H,3,8,11H2,1-2H3,(H,21,27)(H2,22,23,24,26). The van der Waals surface area contributed by atoms with Gasteiger partial charge in [-0.3, -0.25) is 9.88 Å². The van der Waals surface area contributed by atoms with Crippen molar-refractivity contribution in [2.45, 2.75) is 6.42 Å². The van der Waals surface area contributed by atoms with Crippen LogP contribution < -0.4 is 20.7 Å². The third-order valence-corrected chi connectivity index (χ3v) is 5.31. The molecule has 1 aromatic carbocycles. The highest BCUT2D eigenvalue weighted by molar-refractivity contribution is 7.90. The zero-order chi connectivity index (χ0) is 22.4. The van der Waals surface area contributed by atoms with E-state index in [2.05, 4.69) is 20.9 Å². The van der Waals surface area contributed by atoms with E-state index in [1.807, 2.05) is 6.07 Å². The second kappa shape index (κ2) is 9.47. The van der Waals surface area contributed by atoms with Crippen molar-refractivity contribution in [2.75, 3.05) is 30.9 Å². The minimum atomic E-state index is -3.06. The van der Waals surface area contributed by atoms with Gasteiger partial charge in [-0.1, -0.05) is 0 Å². The predicted molar refractivity (Wildman–Crippen MR) is 117 cm³/mol. The van der Waals surface area contributed by atoms with Crippen molar-refractivity contribution >= 4 is 38.6 Å². The van der Waals surface area contributed by atoms with E-state index < -0.39 is 15.9 Å². The van der Waals surface area contributed by atoms with E-state index in [0.29, 0.717) is 17.9 Å². The fraction of sp³-hybridized carbons (Fsp3) is 0.250. The molecule has 0 atom stereocenters. The van der Waals surface area contributed by atoms with Crippen LogP contribution in [0.15, 0.2) is 48.8 Å². The number of carbonyl (C=O) groups is 2. The number of anilines is 1. The van der Waals surface area contributed by atoms with Crippen LogP contribution in [-0.4, -0.2) is 55.6 Å². The lowest BCUT2D eigenvalue weighted by Crippen LogP contribution is -2.30. The average Bonchev–Trinajstić information content (AvgIpc) is 3.13. The first-order chi connectivity index (χ1) is 14.7. The van der Waals surface area contributed by atoms with E-state index in [0.717, 1.165) is 17.2 Å². The molecule has 164 valence electrons. The first-order valence-corrected chi connectivity index (χ1v) is 11.5. The normalized spacial score (nSPS) is 11.2. The molecule has 3 N–H and O–H groups in total. The fourth-order valence-electron chi connectivity index (χ4n) is 2.86. The maximum absolute atomic E-state index is 11.9. The molecule has 0 aliphatic carbocycles. The summed E-state index contributed by atoms with van der Waals surface area (Å²) in [7, 11) is -1.49. The van der Waals surface area contributed by atoms with Gasteiger partial charge in [0.05, 0.1) is 11.3 Å². The molecule has 11 heteroatoms. The number of aromatic nitrogens is 2. The molecule has 2 heterocycles. The number of urea groups is 1. The van der Waals surface area contributed by atoms with Gasteiger partial charge < -0.3 is 15.4 Å². The summed E-state index contributed by atoms with van der Waals surface area (Å²) in [6.07, 6.45) is 4.65. The van der Waals surface area contributed by atoms with Gasteiger partial charge in [-0.05, 0) is 36.8 Å². The molecule has 3 amide bonds. The van der Waals surface area contributed by atoms with Crippen LogP contribution in [0.2, 0.25) is 0 Å². The Bertz CT molecular complexity index is 1210. The number of nitrogens with zero attached hydrogens (tertiary/aromatic N) is 2. The Kier molecular flexibility index (Phi) is 6.75. The van der Waals surface area contributed by atoms with Gasteiger partial charge in [-0.15, -0.1) is 0 Å². The summed E-state index contributed by atoms with van der Waals surface area (Å²) in [5.41, 5.74) is 0.747. The van der Waals surface area contributed by atoms with Crippen molar-refractivity contribution < 1.29 is 22.7 Å². The van der Waals surface area contributed by atoms with Gasteiger partial charge in [0.15, 0.2) is 0 Å². The second-order valence-electron chi connectivity index (χ2n) is 6.80. The Balaban J connectivity index is 1.61. The zero-order valence-corrected chi connectivity index (χ0v) is 17.9. The molecule has 3 aromatic rings. The van der Waals surface area contributed by atoms with Gasteiger partial charge >= 0.3 is 12.1 Å². The Morgan fingerprint density at radius 3 is 2.65 bits per heavy atom. The van der Waals surface area contributed by atoms with E-state index in [-0.39, 0.29) is 24.1 Å². The van der Waals surface area contributed by atoms with Crippen LogP contribution in [0.1, 0.15) is 6.42 Å². The zero-order valence-electron chi connectivity index (χ0n) is 17.1. The number of nitrogens with one attached hydrogen (secondary N) is 3. The topological polar surface area (TPSA) is 131 Å². The number of ether oxygens (including phenoxy) is 1. The number of hydrogen-bond donors (Lipinski definition) is 3. The van der Waals surface area contributed by atoms with E-state index in [1.54, 1.807) is 43.6 Å². The van der Waals surface area contributed by atoms with Gasteiger partial charge in [0, 0.05) is 43.7 Å². The third kappa shape index (κ3) is 6.19. The summed E-state index contributed by atoms with van der Waals surface area (Å²) in [6, 6.07) is 9.62. The first-order valence-electron chi connectivity index (χ1n) is 9.45. The number of benzene rings is 1. The molecular weight excluding hydrogens is 422 g/mol. The summed E-state index contributed by atoms with van der Waals surface area (Å²) in [5.74, 6) is 1.31. The van der Waals surface area contributed by atoms with E-state index >= 15 is 0 Å². The summed E-state index contributed by atoms with van der Waals surface area (Å²) >= 11 is 0. The molecule has 0 aliphatic rings. The van der Waals surface area contributed by atoms with Crippen molar-refractivity contribution in [1.29, 1.82) is 0 Å². The van der Waals surface area contributed by atoms with Crippen LogP contribution in [0.3, 0.4) is 0 Å². The second-order valence-corrected chi connectivity index (χ2v) is 9.06. The molecule has 0 saturated carbocycles. The summed E-state index contributed by atoms with van der Waals surface area (Å²) in [6.45, 7) is 0.227. The Hall–Kier alpha value is -3.60. The van der Waals surface area contributed by atoms with Gasteiger partial charge in [-0.25, -0.2) is 23.0 Å². The highest BCUT2D eigenvalue weighted by Gasteiger charge is 2.09. The van der Waals surface area contributed by atoms with E-state index in [4.69, 9.17) is 4.74 Å². The number of hydrogen-bond acceptors (Lipinski definition) is 6. The average molecular weight is 446 g/mol. The number of fused-ring (bicyclic) bond motifs is 1. The van der Waals surface area contributed by atoms with E-state index in [9.17, 15) is 18.0 Å². The van der Waals surface area contributed by atoms with Crippen molar-refractivity contribution in [3.8, 4) is 11.5 Å². The largest absolute Gasteiger partial charge is 0.457 e. The van der Waals surface area contributed by atoms with Crippen LogP contribution in [-0.2, 0) is 9.84 Å². The molecule has 0 aliphatic heterocycles. The minimum Gasteiger partial charge on any atom is -0.457 e. The maximum atomic E-state index is 11.9. The lowest BCUT2D eigenvalue weighted by Gasteiger charge is -2.10. The van der Waals surface area contributed by atoms with Crippen molar-refractivity contribution in [3.05, 3.63) is 48.8 Å². The number of pyridine rings is 1. The molecule has 0 fully saturated rings. The predicted octanol–water partition coefficient (Wildman–Crippen LogP) is 2.57. The van der Waals surface area contributed by atoms with Crippen molar-refractivity contribution in [1.82, 2.24) is 20.2 Å². The van der Waals surface area contributed by atoms with Crippen LogP contribution in [0.25, 0.3) is 10.9 Å². The van der Waals surface area contributed by atoms with Crippen molar-refractivity contribution in [3.63, 3.8) is 0 Å². The highest BCUT2D eigenvalue weighted by Crippen LogP contribution is 2.27. The molecule has 10 nitrogen and oxygen atoms in total. The smallest absolute Gasteiger partial charge is 0.325 e. The number of rotatable bonds is 7.